The Hall–Kier alpha value is -1.04. The Kier molecular flexibility index (Phi) is 1.35. The van der Waals surface area contributed by atoms with Gasteiger partial charge in [0.05, 0.1) is 0 Å². The summed E-state index contributed by atoms with van der Waals surface area (Å²) >= 11 is 0. The summed E-state index contributed by atoms with van der Waals surface area (Å²) in [5.41, 5.74) is 5.60. The average molecular weight is 144 g/mol. The van der Waals surface area contributed by atoms with E-state index in [1.807, 2.05) is 0 Å². The average Bonchev–Trinajstić information content (AvgIpc) is 2.34. The van der Waals surface area contributed by atoms with E-state index >= 15 is 0 Å². The van der Waals surface area contributed by atoms with Crippen LogP contribution in [0.1, 0.15) is 23.1 Å². The molecule has 0 radical (unpaired) electrons. The number of fused-ring (bicyclic) bond motifs is 1. The fourth-order valence-corrected chi connectivity index (χ4v) is 1.85. The molecule has 0 nitrogen and oxygen atoms in total. The Morgan fingerprint density at radius 3 is 2.82 bits per heavy atom. The first-order valence-corrected chi connectivity index (χ1v) is 4.05. The van der Waals surface area contributed by atoms with Crippen LogP contribution in [-0.4, -0.2) is 0 Å². The predicted octanol–water partition coefficient (Wildman–Crippen LogP) is 2.95. The van der Waals surface area contributed by atoms with E-state index in [1.54, 1.807) is 0 Å². The van der Waals surface area contributed by atoms with Crippen LogP contribution in [0.3, 0.4) is 0 Å². The molecule has 0 heterocycles. The normalized spacial score (nSPS) is 15.2. The summed E-state index contributed by atoms with van der Waals surface area (Å²) in [6, 6.07) is 6.50. The van der Waals surface area contributed by atoms with Crippen LogP contribution < -0.4 is 0 Å². The first kappa shape index (κ1) is 6.66. The van der Waals surface area contributed by atoms with Crippen molar-refractivity contribution in [1.82, 2.24) is 0 Å². The van der Waals surface area contributed by atoms with Crippen molar-refractivity contribution in [1.29, 1.82) is 0 Å². The van der Waals surface area contributed by atoms with E-state index in [0.29, 0.717) is 0 Å². The van der Waals surface area contributed by atoms with Crippen LogP contribution in [0.5, 0.6) is 0 Å². The van der Waals surface area contributed by atoms with Crippen molar-refractivity contribution in [3.63, 3.8) is 0 Å². The number of hydrogen-bond donors (Lipinski definition) is 0. The number of allylic oxidation sites excluding steroid dienone is 1. The number of benzene rings is 1. The highest BCUT2D eigenvalue weighted by Crippen LogP contribution is 2.32. The molecule has 0 saturated carbocycles. The van der Waals surface area contributed by atoms with Crippen molar-refractivity contribution in [2.75, 3.05) is 0 Å². The maximum atomic E-state index is 4.06. The lowest BCUT2D eigenvalue weighted by atomic mass is 10.0. The Balaban J connectivity index is 2.68. The minimum absolute atomic E-state index is 1.15. The van der Waals surface area contributed by atoms with E-state index in [0.717, 1.165) is 6.42 Å². The van der Waals surface area contributed by atoms with Gasteiger partial charge in [0.2, 0.25) is 0 Å². The van der Waals surface area contributed by atoms with Gasteiger partial charge in [-0.2, -0.15) is 0 Å². The third kappa shape index (κ3) is 0.900. The summed E-state index contributed by atoms with van der Waals surface area (Å²) in [7, 11) is 0. The van der Waals surface area contributed by atoms with Gasteiger partial charge in [-0.3, -0.25) is 0 Å². The molecule has 0 fully saturated rings. The minimum Gasteiger partial charge on any atom is -0.0952 e. The van der Waals surface area contributed by atoms with Crippen LogP contribution in [0.15, 0.2) is 24.8 Å². The lowest BCUT2D eigenvalue weighted by Gasteiger charge is -2.02. The Labute approximate surface area is 67.6 Å². The van der Waals surface area contributed by atoms with E-state index < -0.39 is 0 Å². The molecule has 0 bridgehead atoms. The standard InChI is InChI=1S/C11H12/c1-8-4-3-5-10-7-6-9(2)11(8)10/h3-5H,2,6-7H2,1H3. The van der Waals surface area contributed by atoms with Gasteiger partial charge in [-0.25, -0.2) is 0 Å². The van der Waals surface area contributed by atoms with Crippen molar-refractivity contribution >= 4 is 5.57 Å². The van der Waals surface area contributed by atoms with Gasteiger partial charge < -0.3 is 0 Å². The number of aryl methyl sites for hydroxylation is 2. The third-order valence-corrected chi connectivity index (χ3v) is 2.41. The predicted molar refractivity (Wildman–Crippen MR) is 48.5 cm³/mol. The number of hydrogen-bond acceptors (Lipinski definition) is 0. The summed E-state index contributed by atoms with van der Waals surface area (Å²) in [4.78, 5) is 0. The Morgan fingerprint density at radius 2 is 2.09 bits per heavy atom. The SMILES string of the molecule is C=C1CCc2cccc(C)c21. The maximum Gasteiger partial charge on any atom is -0.0169 e. The van der Waals surface area contributed by atoms with Gasteiger partial charge in [-0.05, 0) is 42.0 Å². The molecule has 0 saturated heterocycles. The molecule has 1 aromatic carbocycles. The van der Waals surface area contributed by atoms with Crippen LogP contribution >= 0.6 is 0 Å². The molecule has 1 aliphatic rings. The lowest BCUT2D eigenvalue weighted by molar-refractivity contribution is 1.08. The van der Waals surface area contributed by atoms with Gasteiger partial charge in [0, 0.05) is 0 Å². The van der Waals surface area contributed by atoms with Crippen molar-refractivity contribution in [2.45, 2.75) is 19.8 Å². The van der Waals surface area contributed by atoms with E-state index in [2.05, 4.69) is 31.7 Å². The molecule has 0 heteroatoms. The van der Waals surface area contributed by atoms with E-state index in [1.165, 1.54) is 28.7 Å². The molecule has 0 spiro atoms. The molecule has 2 rings (SSSR count). The number of rotatable bonds is 0. The molecule has 0 amide bonds. The zero-order valence-electron chi connectivity index (χ0n) is 6.85. The first-order chi connectivity index (χ1) is 5.29. The Bertz CT molecular complexity index is 308. The molecule has 1 aliphatic carbocycles. The van der Waals surface area contributed by atoms with Crippen LogP contribution in [-0.2, 0) is 6.42 Å². The summed E-state index contributed by atoms with van der Waals surface area (Å²) in [6.45, 7) is 6.22. The summed E-state index contributed by atoms with van der Waals surface area (Å²) in [6.07, 6.45) is 2.34. The molecule has 0 aromatic heterocycles. The van der Waals surface area contributed by atoms with Gasteiger partial charge in [0.1, 0.15) is 0 Å². The van der Waals surface area contributed by atoms with Gasteiger partial charge in [0.25, 0.3) is 0 Å². The second kappa shape index (κ2) is 2.23. The summed E-state index contributed by atoms with van der Waals surface area (Å²) < 4.78 is 0. The highest BCUT2D eigenvalue weighted by molar-refractivity contribution is 5.73. The van der Waals surface area contributed by atoms with Crippen LogP contribution in [0.2, 0.25) is 0 Å². The molecular weight excluding hydrogens is 132 g/mol. The molecule has 0 N–H and O–H groups in total. The maximum absolute atomic E-state index is 4.06. The van der Waals surface area contributed by atoms with Crippen molar-refractivity contribution in [2.24, 2.45) is 0 Å². The van der Waals surface area contributed by atoms with Gasteiger partial charge in [-0.15, -0.1) is 0 Å². The largest absolute Gasteiger partial charge is 0.0952 e. The minimum atomic E-state index is 1.15. The van der Waals surface area contributed by atoms with Gasteiger partial charge in [0.15, 0.2) is 0 Å². The van der Waals surface area contributed by atoms with Gasteiger partial charge in [-0.1, -0.05) is 24.8 Å². The van der Waals surface area contributed by atoms with Crippen molar-refractivity contribution in [3.05, 3.63) is 41.5 Å². The molecule has 11 heavy (non-hydrogen) atoms. The topological polar surface area (TPSA) is 0 Å². The van der Waals surface area contributed by atoms with E-state index in [4.69, 9.17) is 0 Å². The van der Waals surface area contributed by atoms with E-state index in [9.17, 15) is 0 Å². The third-order valence-electron chi connectivity index (χ3n) is 2.41. The van der Waals surface area contributed by atoms with E-state index in [-0.39, 0.29) is 0 Å². The Morgan fingerprint density at radius 1 is 1.27 bits per heavy atom. The van der Waals surface area contributed by atoms with Gasteiger partial charge >= 0.3 is 0 Å². The summed E-state index contributed by atoms with van der Waals surface area (Å²) in [5, 5.41) is 0. The first-order valence-electron chi connectivity index (χ1n) is 4.05. The smallest absolute Gasteiger partial charge is 0.0169 e. The highest BCUT2D eigenvalue weighted by Gasteiger charge is 2.14. The fourth-order valence-electron chi connectivity index (χ4n) is 1.85. The molecule has 0 atom stereocenters. The molecule has 56 valence electrons. The molecular formula is C11H12. The molecule has 0 unspecified atom stereocenters. The second-order valence-electron chi connectivity index (χ2n) is 3.21. The van der Waals surface area contributed by atoms with Crippen LogP contribution in [0.4, 0.5) is 0 Å². The molecule has 0 aliphatic heterocycles. The second-order valence-corrected chi connectivity index (χ2v) is 3.21. The summed E-state index contributed by atoms with van der Waals surface area (Å²) in [5.74, 6) is 0. The van der Waals surface area contributed by atoms with Crippen molar-refractivity contribution < 1.29 is 0 Å². The monoisotopic (exact) mass is 144 g/mol. The van der Waals surface area contributed by atoms with Crippen LogP contribution in [0, 0.1) is 6.92 Å². The van der Waals surface area contributed by atoms with Crippen LogP contribution in [0.25, 0.3) is 5.57 Å². The zero-order chi connectivity index (χ0) is 7.84. The lowest BCUT2D eigenvalue weighted by Crippen LogP contribution is -1.84. The quantitative estimate of drug-likeness (QED) is 0.525. The zero-order valence-corrected chi connectivity index (χ0v) is 6.85. The molecule has 1 aromatic rings. The highest BCUT2D eigenvalue weighted by atomic mass is 14.2. The fraction of sp³-hybridized carbons (Fsp3) is 0.273. The van der Waals surface area contributed by atoms with Crippen molar-refractivity contribution in [3.8, 4) is 0 Å².